The quantitative estimate of drug-likeness (QED) is 0.533. The average molecular weight is 282 g/mol. The molecule has 0 bridgehead atoms. The minimum atomic E-state index is -0.442. The van der Waals surface area contributed by atoms with Gasteiger partial charge in [-0.2, -0.15) is 0 Å². The molecule has 0 amide bonds. The molecular weight excluding hydrogens is 268 g/mol. The van der Waals surface area contributed by atoms with Crippen molar-refractivity contribution in [1.29, 1.82) is 0 Å². The molecule has 4 nitrogen and oxygen atoms in total. The van der Waals surface area contributed by atoms with Gasteiger partial charge in [-0.3, -0.25) is 4.79 Å². The van der Waals surface area contributed by atoms with E-state index < -0.39 is 5.97 Å². The molecule has 0 aliphatic heterocycles. The standard InChI is InChI=1S/C17H14O4/c1-3-20-17(19)11-5-7-15-13(9-11)16(18)12-8-10(2)4-6-14(12)21-15/h4-9H,3H2,1-2H3. The molecule has 0 radical (unpaired) electrons. The van der Waals surface area contributed by atoms with Gasteiger partial charge in [-0.15, -0.1) is 0 Å². The summed E-state index contributed by atoms with van der Waals surface area (Å²) in [5, 5.41) is 0.905. The number of hydrogen-bond donors (Lipinski definition) is 0. The first-order valence-electron chi connectivity index (χ1n) is 6.74. The Balaban J connectivity index is 2.29. The van der Waals surface area contributed by atoms with Gasteiger partial charge in [-0.1, -0.05) is 11.6 Å². The first kappa shape index (κ1) is 13.4. The summed E-state index contributed by atoms with van der Waals surface area (Å²) in [5.74, 6) is -0.442. The Morgan fingerprint density at radius 2 is 1.76 bits per heavy atom. The number of carbonyl (C=O) groups excluding carboxylic acids is 1. The summed E-state index contributed by atoms with van der Waals surface area (Å²) in [6, 6.07) is 10.2. The predicted octanol–water partition coefficient (Wildman–Crippen LogP) is 3.43. The van der Waals surface area contributed by atoms with E-state index in [0.717, 1.165) is 5.56 Å². The minimum Gasteiger partial charge on any atom is -0.462 e. The van der Waals surface area contributed by atoms with Crippen molar-refractivity contribution in [3.8, 4) is 0 Å². The van der Waals surface area contributed by atoms with Gasteiger partial charge in [0.2, 0.25) is 5.43 Å². The van der Waals surface area contributed by atoms with Crippen LogP contribution in [0.15, 0.2) is 45.6 Å². The van der Waals surface area contributed by atoms with Crippen LogP contribution in [0.4, 0.5) is 0 Å². The van der Waals surface area contributed by atoms with E-state index in [-0.39, 0.29) is 5.43 Å². The topological polar surface area (TPSA) is 56.5 Å². The van der Waals surface area contributed by atoms with Crippen molar-refractivity contribution in [3.05, 3.63) is 57.7 Å². The Hall–Kier alpha value is -2.62. The Morgan fingerprint density at radius 3 is 2.48 bits per heavy atom. The van der Waals surface area contributed by atoms with E-state index in [1.54, 1.807) is 31.2 Å². The van der Waals surface area contributed by atoms with E-state index in [2.05, 4.69) is 0 Å². The molecule has 0 aliphatic rings. The van der Waals surface area contributed by atoms with E-state index in [9.17, 15) is 9.59 Å². The van der Waals surface area contributed by atoms with E-state index in [4.69, 9.17) is 9.15 Å². The van der Waals surface area contributed by atoms with Crippen LogP contribution < -0.4 is 5.43 Å². The van der Waals surface area contributed by atoms with Crippen LogP contribution in [0, 0.1) is 6.92 Å². The molecule has 0 saturated heterocycles. The Labute approximate surface area is 120 Å². The van der Waals surface area contributed by atoms with Crippen molar-refractivity contribution < 1.29 is 13.9 Å². The SMILES string of the molecule is CCOC(=O)c1ccc2oc3ccc(C)cc3c(=O)c2c1. The van der Waals surface area contributed by atoms with Crippen molar-refractivity contribution in [2.24, 2.45) is 0 Å². The third-order valence-corrected chi connectivity index (χ3v) is 3.33. The fourth-order valence-electron chi connectivity index (χ4n) is 2.31. The van der Waals surface area contributed by atoms with Gasteiger partial charge in [0.25, 0.3) is 0 Å². The maximum atomic E-state index is 12.6. The van der Waals surface area contributed by atoms with Crippen LogP contribution in [0.1, 0.15) is 22.8 Å². The lowest BCUT2D eigenvalue weighted by molar-refractivity contribution is 0.0526. The predicted molar refractivity (Wildman–Crippen MR) is 80.7 cm³/mol. The minimum absolute atomic E-state index is 0.138. The molecule has 0 spiro atoms. The monoisotopic (exact) mass is 282 g/mol. The molecule has 0 aliphatic carbocycles. The second kappa shape index (κ2) is 5.05. The van der Waals surface area contributed by atoms with E-state index in [0.29, 0.717) is 34.1 Å². The molecule has 1 aromatic heterocycles. The highest BCUT2D eigenvalue weighted by Crippen LogP contribution is 2.20. The number of hydrogen-bond acceptors (Lipinski definition) is 4. The largest absolute Gasteiger partial charge is 0.462 e. The number of esters is 1. The van der Waals surface area contributed by atoms with Crippen LogP contribution >= 0.6 is 0 Å². The molecule has 0 N–H and O–H groups in total. The van der Waals surface area contributed by atoms with Gasteiger partial charge < -0.3 is 9.15 Å². The molecule has 1 heterocycles. The van der Waals surface area contributed by atoms with Gasteiger partial charge in [0.15, 0.2) is 0 Å². The lowest BCUT2D eigenvalue weighted by Gasteiger charge is -2.05. The third kappa shape index (κ3) is 2.29. The summed E-state index contributed by atoms with van der Waals surface area (Å²) < 4.78 is 10.7. The first-order valence-corrected chi connectivity index (χ1v) is 6.74. The normalized spacial score (nSPS) is 11.0. The zero-order valence-corrected chi connectivity index (χ0v) is 11.8. The number of carbonyl (C=O) groups is 1. The Morgan fingerprint density at radius 1 is 1.10 bits per heavy atom. The Bertz CT molecular complexity index is 906. The maximum Gasteiger partial charge on any atom is 0.338 e. The van der Waals surface area contributed by atoms with Crippen LogP contribution in [0.3, 0.4) is 0 Å². The van der Waals surface area contributed by atoms with Crippen molar-refractivity contribution >= 4 is 27.9 Å². The highest BCUT2D eigenvalue weighted by atomic mass is 16.5. The zero-order chi connectivity index (χ0) is 15.0. The van der Waals surface area contributed by atoms with E-state index in [1.165, 1.54) is 6.07 Å². The summed E-state index contributed by atoms with van der Waals surface area (Å²) in [6.45, 7) is 3.95. The van der Waals surface area contributed by atoms with Crippen LogP contribution in [-0.2, 0) is 4.74 Å². The molecule has 3 aromatic rings. The second-order valence-electron chi connectivity index (χ2n) is 4.86. The molecule has 3 rings (SSSR count). The summed E-state index contributed by atoms with van der Waals surface area (Å²) in [4.78, 5) is 24.3. The molecule has 2 aromatic carbocycles. The number of fused-ring (bicyclic) bond motifs is 2. The number of benzene rings is 2. The Kier molecular flexibility index (Phi) is 3.22. The first-order chi connectivity index (χ1) is 10.1. The highest BCUT2D eigenvalue weighted by Gasteiger charge is 2.12. The molecule has 0 unspecified atom stereocenters. The summed E-state index contributed by atoms with van der Waals surface area (Å²) in [6.07, 6.45) is 0. The van der Waals surface area contributed by atoms with Gasteiger partial charge in [0.1, 0.15) is 11.2 Å². The summed E-state index contributed by atoms with van der Waals surface area (Å²) >= 11 is 0. The van der Waals surface area contributed by atoms with E-state index in [1.807, 2.05) is 13.0 Å². The van der Waals surface area contributed by atoms with Gasteiger partial charge in [-0.05, 0) is 44.2 Å². The second-order valence-corrected chi connectivity index (χ2v) is 4.86. The van der Waals surface area contributed by atoms with Crippen molar-refractivity contribution in [1.82, 2.24) is 0 Å². The molecule has 106 valence electrons. The number of ether oxygens (including phenoxy) is 1. The highest BCUT2D eigenvalue weighted by molar-refractivity contribution is 5.96. The molecule has 4 heteroatoms. The number of rotatable bonds is 2. The van der Waals surface area contributed by atoms with E-state index >= 15 is 0 Å². The molecular formula is C17H14O4. The van der Waals surface area contributed by atoms with Gasteiger partial charge in [0.05, 0.1) is 22.9 Å². The molecule has 0 atom stereocenters. The van der Waals surface area contributed by atoms with Crippen LogP contribution in [0.25, 0.3) is 21.9 Å². The maximum absolute atomic E-state index is 12.6. The lowest BCUT2D eigenvalue weighted by Crippen LogP contribution is -2.07. The number of aryl methyl sites for hydroxylation is 1. The van der Waals surface area contributed by atoms with Crippen molar-refractivity contribution in [2.45, 2.75) is 13.8 Å². The van der Waals surface area contributed by atoms with Crippen LogP contribution in [-0.4, -0.2) is 12.6 Å². The molecule has 21 heavy (non-hydrogen) atoms. The lowest BCUT2D eigenvalue weighted by atomic mass is 10.1. The van der Waals surface area contributed by atoms with Crippen LogP contribution in [0.2, 0.25) is 0 Å². The van der Waals surface area contributed by atoms with Gasteiger partial charge in [-0.25, -0.2) is 4.79 Å². The molecule has 0 fully saturated rings. The van der Waals surface area contributed by atoms with Gasteiger partial charge in [0, 0.05) is 0 Å². The smallest absolute Gasteiger partial charge is 0.338 e. The average Bonchev–Trinajstić information content (AvgIpc) is 2.48. The zero-order valence-electron chi connectivity index (χ0n) is 11.8. The van der Waals surface area contributed by atoms with Crippen molar-refractivity contribution in [2.75, 3.05) is 6.61 Å². The molecule has 0 saturated carbocycles. The fraction of sp³-hybridized carbons (Fsp3) is 0.176. The summed E-state index contributed by atoms with van der Waals surface area (Å²) in [7, 11) is 0. The van der Waals surface area contributed by atoms with Gasteiger partial charge >= 0.3 is 5.97 Å². The summed E-state index contributed by atoms with van der Waals surface area (Å²) in [5.41, 5.74) is 2.20. The fourth-order valence-corrected chi connectivity index (χ4v) is 2.31. The van der Waals surface area contributed by atoms with Crippen molar-refractivity contribution in [3.63, 3.8) is 0 Å². The third-order valence-electron chi connectivity index (χ3n) is 3.33. The van der Waals surface area contributed by atoms with Crippen LogP contribution in [0.5, 0.6) is 0 Å².